The summed E-state index contributed by atoms with van der Waals surface area (Å²) in [4.78, 5) is 4.41. The smallest absolute Gasteiger partial charge is 0.307 e. The summed E-state index contributed by atoms with van der Waals surface area (Å²) in [6, 6.07) is 12.2. The van der Waals surface area contributed by atoms with Gasteiger partial charge in [0.05, 0.1) is 5.69 Å². The Labute approximate surface area is 166 Å². The first-order valence-corrected chi connectivity index (χ1v) is 9.92. The number of pyridine rings is 1. The Morgan fingerprint density at radius 2 is 1.57 bits per heavy atom. The van der Waals surface area contributed by atoms with Gasteiger partial charge in [0.1, 0.15) is 6.54 Å². The minimum absolute atomic E-state index is 0.331. The molecule has 0 saturated heterocycles. The summed E-state index contributed by atoms with van der Waals surface area (Å²) in [6.45, 7) is 3.33. The number of hydrogen-bond acceptors (Lipinski definition) is 3. The predicted octanol–water partition coefficient (Wildman–Crippen LogP) is 5.32. The minimum Gasteiger partial charge on any atom is -0.391 e. The maximum absolute atomic E-state index is 11.8. The van der Waals surface area contributed by atoms with Crippen LogP contribution in [0.2, 0.25) is 0 Å². The first kappa shape index (κ1) is 21.8. The quantitative estimate of drug-likeness (QED) is 0.210. The molecule has 0 bridgehead atoms. The average Bonchev–Trinajstić information content (AvgIpc) is 2.71. The highest BCUT2D eigenvalue weighted by molar-refractivity contribution is 5.43. The van der Waals surface area contributed by atoms with E-state index in [0.29, 0.717) is 6.26 Å². The zero-order chi connectivity index (χ0) is 20.0. The molecule has 0 radical (unpaired) electrons. The van der Waals surface area contributed by atoms with Crippen molar-refractivity contribution in [3.05, 3.63) is 72.3 Å². The van der Waals surface area contributed by atoms with Crippen molar-refractivity contribution in [2.75, 3.05) is 5.43 Å². The van der Waals surface area contributed by atoms with Gasteiger partial charge in [0, 0.05) is 18.6 Å². The standard InChI is InChI=1S/C22H30F2N3O/c1-2-3-4-5-6-15-27-16-13-20(14-17-27)8-7-19-9-11-21(12-10-19)25-26-28-18-22(23)24/h9-14,16-18,25-26H,2-8,15H2,1H3/q+1. The van der Waals surface area contributed by atoms with Crippen LogP contribution in [0.3, 0.4) is 0 Å². The number of aromatic nitrogens is 1. The van der Waals surface area contributed by atoms with Gasteiger partial charge in [-0.2, -0.15) is 8.78 Å². The van der Waals surface area contributed by atoms with Gasteiger partial charge in [-0.25, -0.2) is 4.57 Å². The van der Waals surface area contributed by atoms with E-state index in [0.717, 1.165) is 25.1 Å². The van der Waals surface area contributed by atoms with Crippen LogP contribution >= 0.6 is 0 Å². The minimum atomic E-state index is -1.90. The van der Waals surface area contributed by atoms with Crippen LogP contribution in [0.4, 0.5) is 14.5 Å². The molecule has 2 rings (SSSR count). The second-order valence-corrected chi connectivity index (χ2v) is 6.81. The van der Waals surface area contributed by atoms with Gasteiger partial charge in [-0.3, -0.25) is 5.43 Å². The van der Waals surface area contributed by atoms with Crippen LogP contribution in [-0.2, 0) is 24.2 Å². The van der Waals surface area contributed by atoms with E-state index in [1.165, 1.54) is 43.2 Å². The molecule has 0 amide bonds. The predicted molar refractivity (Wildman–Crippen MR) is 107 cm³/mol. The Kier molecular flexibility index (Phi) is 10.0. The van der Waals surface area contributed by atoms with Gasteiger partial charge in [-0.1, -0.05) is 43.9 Å². The number of nitrogens with zero attached hydrogens (tertiary/aromatic N) is 1. The molecule has 0 aliphatic carbocycles. The average molecular weight is 390 g/mol. The molecule has 0 aliphatic rings. The van der Waals surface area contributed by atoms with Crippen molar-refractivity contribution in [1.29, 1.82) is 0 Å². The van der Waals surface area contributed by atoms with Gasteiger partial charge in [0.25, 0.3) is 0 Å². The van der Waals surface area contributed by atoms with Crippen LogP contribution < -0.4 is 15.6 Å². The summed E-state index contributed by atoms with van der Waals surface area (Å²) in [5, 5.41) is 0. The fourth-order valence-electron chi connectivity index (χ4n) is 2.91. The molecule has 1 aromatic carbocycles. The lowest BCUT2D eigenvalue weighted by Gasteiger charge is -2.07. The van der Waals surface area contributed by atoms with Crippen molar-refractivity contribution >= 4 is 5.69 Å². The van der Waals surface area contributed by atoms with E-state index in [-0.39, 0.29) is 0 Å². The molecule has 2 aromatic rings. The monoisotopic (exact) mass is 390 g/mol. The Hall–Kier alpha value is -2.47. The van der Waals surface area contributed by atoms with E-state index in [4.69, 9.17) is 0 Å². The van der Waals surface area contributed by atoms with E-state index in [2.05, 4.69) is 51.9 Å². The molecule has 1 heterocycles. The molecule has 0 unspecified atom stereocenters. The van der Waals surface area contributed by atoms with Crippen molar-refractivity contribution in [3.8, 4) is 0 Å². The van der Waals surface area contributed by atoms with Crippen LogP contribution in [0, 0.1) is 0 Å². The zero-order valence-electron chi connectivity index (χ0n) is 16.5. The highest BCUT2D eigenvalue weighted by atomic mass is 19.3. The van der Waals surface area contributed by atoms with Crippen molar-refractivity contribution in [1.82, 2.24) is 5.59 Å². The lowest BCUT2D eigenvalue weighted by atomic mass is 10.1. The molecule has 0 atom stereocenters. The van der Waals surface area contributed by atoms with Crippen LogP contribution in [0.15, 0.2) is 61.1 Å². The van der Waals surface area contributed by atoms with Gasteiger partial charge < -0.3 is 4.84 Å². The number of aryl methyl sites for hydroxylation is 3. The molecule has 0 spiro atoms. The topological polar surface area (TPSA) is 37.2 Å². The molecule has 0 saturated carbocycles. The molecule has 0 fully saturated rings. The molecule has 2 N–H and O–H groups in total. The van der Waals surface area contributed by atoms with E-state index < -0.39 is 6.08 Å². The fraction of sp³-hybridized carbons (Fsp3) is 0.409. The lowest BCUT2D eigenvalue weighted by Crippen LogP contribution is -2.32. The number of anilines is 1. The maximum Gasteiger partial charge on any atom is 0.307 e. The third-order valence-electron chi connectivity index (χ3n) is 4.54. The number of benzene rings is 1. The first-order valence-electron chi connectivity index (χ1n) is 9.92. The Morgan fingerprint density at radius 3 is 2.21 bits per heavy atom. The normalized spacial score (nSPS) is 10.5. The Balaban J connectivity index is 1.69. The highest BCUT2D eigenvalue weighted by Crippen LogP contribution is 2.11. The van der Waals surface area contributed by atoms with Crippen LogP contribution in [0.1, 0.15) is 50.2 Å². The second-order valence-electron chi connectivity index (χ2n) is 6.81. The summed E-state index contributed by atoms with van der Waals surface area (Å²) in [7, 11) is 0. The van der Waals surface area contributed by atoms with Gasteiger partial charge in [0.2, 0.25) is 0 Å². The molecule has 4 nitrogen and oxygen atoms in total. The highest BCUT2D eigenvalue weighted by Gasteiger charge is 2.02. The number of nitrogens with one attached hydrogen (secondary N) is 2. The fourth-order valence-corrected chi connectivity index (χ4v) is 2.91. The van der Waals surface area contributed by atoms with Gasteiger partial charge in [-0.05, 0) is 42.5 Å². The molecule has 152 valence electrons. The number of rotatable bonds is 13. The maximum atomic E-state index is 11.8. The Bertz CT molecular complexity index is 699. The zero-order valence-corrected chi connectivity index (χ0v) is 16.5. The number of hydrogen-bond donors (Lipinski definition) is 2. The summed E-state index contributed by atoms with van der Waals surface area (Å²) < 4.78 is 25.9. The van der Waals surface area contributed by atoms with Gasteiger partial charge in [-0.15, -0.1) is 0 Å². The number of hydrazine groups is 1. The van der Waals surface area contributed by atoms with Crippen LogP contribution in [-0.4, -0.2) is 0 Å². The van der Waals surface area contributed by atoms with E-state index in [1.54, 1.807) is 0 Å². The van der Waals surface area contributed by atoms with Crippen LogP contribution in [0.25, 0.3) is 0 Å². The summed E-state index contributed by atoms with van der Waals surface area (Å²) >= 11 is 0. The van der Waals surface area contributed by atoms with E-state index in [9.17, 15) is 8.78 Å². The van der Waals surface area contributed by atoms with Crippen molar-refractivity contribution in [2.45, 2.75) is 58.4 Å². The summed E-state index contributed by atoms with van der Waals surface area (Å²) in [5.41, 5.74) is 8.18. The molecular formula is C22H30F2N3O+. The van der Waals surface area contributed by atoms with Crippen molar-refractivity contribution in [2.24, 2.45) is 0 Å². The van der Waals surface area contributed by atoms with Crippen molar-refractivity contribution < 1.29 is 18.2 Å². The van der Waals surface area contributed by atoms with Crippen LogP contribution in [0.5, 0.6) is 0 Å². The lowest BCUT2D eigenvalue weighted by molar-refractivity contribution is -0.697. The van der Waals surface area contributed by atoms with E-state index >= 15 is 0 Å². The van der Waals surface area contributed by atoms with Gasteiger partial charge >= 0.3 is 6.08 Å². The van der Waals surface area contributed by atoms with Gasteiger partial charge in [0.15, 0.2) is 18.7 Å². The summed E-state index contributed by atoms with van der Waals surface area (Å²) in [6.07, 6.45) is 11.2. The third kappa shape index (κ3) is 8.95. The molecular weight excluding hydrogens is 360 g/mol. The SMILES string of the molecule is CCCCCCC[n+]1ccc(CCc2ccc(NNOC=C(F)F)cc2)cc1. The summed E-state index contributed by atoms with van der Waals surface area (Å²) in [5.74, 6) is 0. The van der Waals surface area contributed by atoms with E-state index in [1.807, 2.05) is 24.3 Å². The molecule has 28 heavy (non-hydrogen) atoms. The number of halogens is 2. The second kappa shape index (κ2) is 12.8. The third-order valence-corrected chi connectivity index (χ3v) is 4.54. The first-order chi connectivity index (χ1) is 13.7. The number of unbranched alkanes of at least 4 members (excludes halogenated alkanes) is 4. The molecule has 1 aromatic heterocycles. The van der Waals surface area contributed by atoms with Crippen molar-refractivity contribution in [3.63, 3.8) is 0 Å². The molecule has 0 aliphatic heterocycles. The Morgan fingerprint density at radius 1 is 0.929 bits per heavy atom. The largest absolute Gasteiger partial charge is 0.391 e. The molecule has 6 heteroatoms.